The molecule has 1 aromatic heterocycles. The molecule has 0 unspecified atom stereocenters. The van der Waals surface area contributed by atoms with Gasteiger partial charge in [-0.15, -0.1) is 11.3 Å². The highest BCUT2D eigenvalue weighted by molar-refractivity contribution is 7.09. The average molecular weight is 381 g/mol. The number of rotatable bonds is 7. The van der Waals surface area contributed by atoms with Crippen LogP contribution < -0.4 is 15.4 Å². The summed E-state index contributed by atoms with van der Waals surface area (Å²) in [6, 6.07) is 16.5. The number of aromatic nitrogens is 1. The van der Waals surface area contributed by atoms with Crippen molar-refractivity contribution in [3.05, 3.63) is 70.7 Å². The fourth-order valence-electron chi connectivity index (χ4n) is 2.37. The first-order valence-corrected chi connectivity index (χ1v) is 9.25. The summed E-state index contributed by atoms with van der Waals surface area (Å²) in [5.74, 6) is 0.500. The van der Waals surface area contributed by atoms with Crippen molar-refractivity contribution in [3.8, 4) is 5.75 Å². The van der Waals surface area contributed by atoms with Gasteiger partial charge in [0.2, 0.25) is 11.8 Å². The van der Waals surface area contributed by atoms with Crippen molar-refractivity contribution < 1.29 is 14.3 Å². The van der Waals surface area contributed by atoms with Crippen LogP contribution in [-0.4, -0.2) is 16.8 Å². The molecule has 7 heteroatoms. The van der Waals surface area contributed by atoms with E-state index in [0.717, 1.165) is 10.8 Å². The zero-order valence-corrected chi connectivity index (χ0v) is 15.6. The minimum atomic E-state index is -0.150. The van der Waals surface area contributed by atoms with E-state index in [9.17, 15) is 9.59 Å². The van der Waals surface area contributed by atoms with Crippen LogP contribution in [0.4, 0.5) is 11.4 Å². The van der Waals surface area contributed by atoms with Crippen molar-refractivity contribution in [1.82, 2.24) is 4.98 Å². The zero-order chi connectivity index (χ0) is 19.1. The number of hydrogen-bond donors (Lipinski definition) is 2. The largest absolute Gasteiger partial charge is 0.486 e. The molecule has 0 bridgehead atoms. The second-order valence-electron chi connectivity index (χ2n) is 5.82. The van der Waals surface area contributed by atoms with Crippen molar-refractivity contribution in [2.75, 3.05) is 10.6 Å². The normalized spacial score (nSPS) is 10.3. The molecule has 6 nitrogen and oxygen atoms in total. The number of nitrogens with one attached hydrogen (secondary N) is 2. The molecule has 3 rings (SSSR count). The minimum Gasteiger partial charge on any atom is -0.486 e. The molecule has 0 aliphatic heterocycles. The number of hydrogen-bond acceptors (Lipinski definition) is 5. The van der Waals surface area contributed by atoms with Gasteiger partial charge in [-0.25, -0.2) is 4.98 Å². The molecule has 0 saturated heterocycles. The third-order valence-electron chi connectivity index (χ3n) is 3.54. The Balaban J connectivity index is 1.49. The van der Waals surface area contributed by atoms with Gasteiger partial charge in [-0.05, 0) is 36.4 Å². The van der Waals surface area contributed by atoms with Crippen molar-refractivity contribution in [2.45, 2.75) is 20.0 Å². The van der Waals surface area contributed by atoms with Crippen LogP contribution in [-0.2, 0) is 22.6 Å². The SMILES string of the molecule is CC(=O)Nc1ccc(NC(=O)Cc2csc(COc3ccccc3)n2)cc1. The van der Waals surface area contributed by atoms with Gasteiger partial charge in [0, 0.05) is 23.7 Å². The van der Waals surface area contributed by atoms with E-state index in [4.69, 9.17) is 4.74 Å². The summed E-state index contributed by atoms with van der Waals surface area (Å²) in [4.78, 5) is 27.6. The third kappa shape index (κ3) is 5.93. The number of benzene rings is 2. The summed E-state index contributed by atoms with van der Waals surface area (Å²) in [7, 11) is 0. The lowest BCUT2D eigenvalue weighted by Gasteiger charge is -2.06. The Morgan fingerprint density at radius 3 is 2.33 bits per heavy atom. The fraction of sp³-hybridized carbons (Fsp3) is 0.150. The maximum Gasteiger partial charge on any atom is 0.230 e. The van der Waals surface area contributed by atoms with Crippen LogP contribution in [0.2, 0.25) is 0 Å². The topological polar surface area (TPSA) is 80.3 Å². The van der Waals surface area contributed by atoms with E-state index < -0.39 is 0 Å². The van der Waals surface area contributed by atoms with Crippen LogP contribution in [0.15, 0.2) is 60.0 Å². The highest BCUT2D eigenvalue weighted by Gasteiger charge is 2.09. The number of ether oxygens (including phenoxy) is 1. The Morgan fingerprint density at radius 1 is 1.00 bits per heavy atom. The summed E-state index contributed by atoms with van der Waals surface area (Å²) in [5, 5.41) is 8.18. The molecule has 1 heterocycles. The second-order valence-corrected chi connectivity index (χ2v) is 6.76. The fourth-order valence-corrected chi connectivity index (χ4v) is 3.07. The molecule has 0 saturated carbocycles. The average Bonchev–Trinajstić information content (AvgIpc) is 3.09. The van der Waals surface area contributed by atoms with Crippen LogP contribution in [0.5, 0.6) is 5.75 Å². The van der Waals surface area contributed by atoms with Crippen molar-refractivity contribution in [2.24, 2.45) is 0 Å². The van der Waals surface area contributed by atoms with Gasteiger partial charge in [-0.3, -0.25) is 9.59 Å². The van der Waals surface area contributed by atoms with E-state index in [2.05, 4.69) is 15.6 Å². The second kappa shape index (κ2) is 8.95. The van der Waals surface area contributed by atoms with Crippen molar-refractivity contribution >= 4 is 34.5 Å². The highest BCUT2D eigenvalue weighted by Crippen LogP contribution is 2.17. The summed E-state index contributed by atoms with van der Waals surface area (Å²) < 4.78 is 5.66. The summed E-state index contributed by atoms with van der Waals surface area (Å²) in [6.07, 6.45) is 0.190. The van der Waals surface area contributed by atoms with E-state index in [1.165, 1.54) is 18.3 Å². The van der Waals surface area contributed by atoms with Gasteiger partial charge in [0.1, 0.15) is 17.4 Å². The summed E-state index contributed by atoms with van der Waals surface area (Å²) in [6.45, 7) is 1.82. The molecule has 0 aliphatic carbocycles. The standard InChI is InChI=1S/C20H19N3O3S/c1-14(24)21-15-7-9-16(10-8-15)22-19(25)11-17-13-27-20(23-17)12-26-18-5-3-2-4-6-18/h2-10,13H,11-12H2,1H3,(H,21,24)(H,22,25). The maximum atomic E-state index is 12.2. The molecule has 0 aliphatic rings. The number of anilines is 2. The van der Waals surface area contributed by atoms with E-state index in [1.54, 1.807) is 24.3 Å². The predicted octanol–water partition coefficient (Wildman–Crippen LogP) is 3.86. The lowest BCUT2D eigenvalue weighted by atomic mass is 10.2. The monoisotopic (exact) mass is 381 g/mol. The molecule has 0 fully saturated rings. The first-order valence-electron chi connectivity index (χ1n) is 8.37. The lowest BCUT2D eigenvalue weighted by molar-refractivity contribution is -0.116. The third-order valence-corrected chi connectivity index (χ3v) is 4.41. The summed E-state index contributed by atoms with van der Waals surface area (Å²) in [5.41, 5.74) is 2.05. The Kier molecular flexibility index (Phi) is 6.17. The first-order chi connectivity index (χ1) is 13.1. The molecular formula is C20H19N3O3S. The van der Waals surface area contributed by atoms with Crippen LogP contribution in [0.1, 0.15) is 17.6 Å². The van der Waals surface area contributed by atoms with Crippen LogP contribution in [0.25, 0.3) is 0 Å². The van der Waals surface area contributed by atoms with Gasteiger partial charge in [-0.2, -0.15) is 0 Å². The molecule has 2 amide bonds. The number of nitrogens with zero attached hydrogens (tertiary/aromatic N) is 1. The van der Waals surface area contributed by atoms with E-state index in [0.29, 0.717) is 23.7 Å². The first kappa shape index (κ1) is 18.6. The Labute approximate surface area is 161 Å². The number of thiazole rings is 1. The van der Waals surface area contributed by atoms with Crippen molar-refractivity contribution in [3.63, 3.8) is 0 Å². The molecule has 0 atom stereocenters. The van der Waals surface area contributed by atoms with Gasteiger partial charge < -0.3 is 15.4 Å². The predicted molar refractivity (Wildman–Crippen MR) is 106 cm³/mol. The molecule has 0 spiro atoms. The quantitative estimate of drug-likeness (QED) is 0.651. The van der Waals surface area contributed by atoms with Crippen LogP contribution >= 0.6 is 11.3 Å². The Hall–Kier alpha value is -3.19. The van der Waals surface area contributed by atoms with Crippen LogP contribution in [0, 0.1) is 0 Å². The van der Waals surface area contributed by atoms with Gasteiger partial charge in [0.05, 0.1) is 12.1 Å². The molecular weight excluding hydrogens is 362 g/mol. The van der Waals surface area contributed by atoms with Gasteiger partial charge >= 0.3 is 0 Å². The number of carbonyl (C=O) groups excluding carboxylic acids is 2. The van der Waals surface area contributed by atoms with Gasteiger partial charge in [0.25, 0.3) is 0 Å². The lowest BCUT2D eigenvalue weighted by Crippen LogP contribution is -2.14. The Morgan fingerprint density at radius 2 is 1.67 bits per heavy atom. The maximum absolute atomic E-state index is 12.2. The Bertz CT molecular complexity index is 908. The molecule has 2 aromatic carbocycles. The van der Waals surface area contributed by atoms with Crippen molar-refractivity contribution in [1.29, 1.82) is 0 Å². The molecule has 0 radical (unpaired) electrons. The number of carbonyl (C=O) groups is 2. The molecule has 2 N–H and O–H groups in total. The molecule has 27 heavy (non-hydrogen) atoms. The van der Waals surface area contributed by atoms with E-state index in [-0.39, 0.29) is 18.2 Å². The highest BCUT2D eigenvalue weighted by atomic mass is 32.1. The van der Waals surface area contributed by atoms with Crippen LogP contribution in [0.3, 0.4) is 0 Å². The van der Waals surface area contributed by atoms with Gasteiger partial charge in [0.15, 0.2) is 0 Å². The molecule has 3 aromatic rings. The minimum absolute atomic E-state index is 0.137. The zero-order valence-electron chi connectivity index (χ0n) is 14.8. The smallest absolute Gasteiger partial charge is 0.230 e. The van der Waals surface area contributed by atoms with E-state index in [1.807, 2.05) is 35.7 Å². The molecule has 138 valence electrons. The van der Waals surface area contributed by atoms with E-state index >= 15 is 0 Å². The summed E-state index contributed by atoms with van der Waals surface area (Å²) >= 11 is 1.47. The number of para-hydroxylation sites is 1. The number of amides is 2. The van der Waals surface area contributed by atoms with Gasteiger partial charge in [-0.1, -0.05) is 18.2 Å².